The van der Waals surface area contributed by atoms with E-state index in [9.17, 15) is 4.79 Å². The first-order chi connectivity index (χ1) is 7.88. The minimum Gasteiger partial charge on any atom is -0.496 e. The molecule has 0 aliphatic heterocycles. The van der Waals surface area contributed by atoms with E-state index in [1.54, 1.807) is 20.1 Å². The van der Waals surface area contributed by atoms with Crippen LogP contribution in [0.1, 0.15) is 24.1 Å². The molecule has 0 heterocycles. The number of Topliss-reactive ketones (excluding diaryl/α,β-unsaturated/α-hetero) is 1. The third-order valence-electron chi connectivity index (χ3n) is 2.67. The van der Waals surface area contributed by atoms with Gasteiger partial charge in [-0.3, -0.25) is 9.69 Å². The number of methoxy groups -OCH3 is 1. The Balaban J connectivity index is 3.41. The molecule has 0 aromatic heterocycles. The zero-order valence-electron chi connectivity index (χ0n) is 10.9. The monoisotopic (exact) mass is 255 g/mol. The largest absolute Gasteiger partial charge is 0.496 e. The summed E-state index contributed by atoms with van der Waals surface area (Å²) in [6.07, 6.45) is 0. The van der Waals surface area contributed by atoms with Crippen LogP contribution in [0.25, 0.3) is 0 Å². The number of carbonyl (C=O) groups is 1. The van der Waals surface area contributed by atoms with E-state index < -0.39 is 0 Å². The SMILES string of the molecule is COc1c(C)cc(Cl)cc1C(C(C)=O)N(C)C. The molecule has 0 saturated heterocycles. The standard InChI is InChI=1S/C13H18ClNO2/c1-8-6-10(14)7-11(13(8)17-5)12(9(2)16)15(3)4/h6-7,12H,1-5H3. The molecule has 1 unspecified atom stereocenters. The molecule has 1 aromatic rings. The molecule has 1 atom stereocenters. The summed E-state index contributed by atoms with van der Waals surface area (Å²) in [4.78, 5) is 13.6. The zero-order chi connectivity index (χ0) is 13.2. The number of aryl methyl sites for hydroxylation is 1. The molecule has 3 nitrogen and oxygen atoms in total. The van der Waals surface area contributed by atoms with Crippen LogP contribution in [0.2, 0.25) is 5.02 Å². The fraction of sp³-hybridized carbons (Fsp3) is 0.462. The third kappa shape index (κ3) is 2.99. The van der Waals surface area contributed by atoms with Crippen molar-refractivity contribution in [3.8, 4) is 5.75 Å². The van der Waals surface area contributed by atoms with E-state index in [2.05, 4.69) is 0 Å². The molecular weight excluding hydrogens is 238 g/mol. The topological polar surface area (TPSA) is 29.5 Å². The smallest absolute Gasteiger partial charge is 0.151 e. The highest BCUT2D eigenvalue weighted by Gasteiger charge is 2.24. The third-order valence-corrected chi connectivity index (χ3v) is 2.89. The second-order valence-corrected chi connectivity index (χ2v) is 4.76. The number of benzene rings is 1. The summed E-state index contributed by atoms with van der Waals surface area (Å²) >= 11 is 6.05. The molecule has 0 amide bonds. The Morgan fingerprint density at radius 1 is 1.41 bits per heavy atom. The summed E-state index contributed by atoms with van der Waals surface area (Å²) in [6, 6.07) is 3.29. The van der Waals surface area contributed by atoms with Gasteiger partial charge < -0.3 is 4.74 Å². The average molecular weight is 256 g/mol. The summed E-state index contributed by atoms with van der Waals surface area (Å²) in [5.41, 5.74) is 1.75. The molecule has 94 valence electrons. The van der Waals surface area contributed by atoms with Gasteiger partial charge in [0.1, 0.15) is 5.75 Å². The average Bonchev–Trinajstić information content (AvgIpc) is 2.15. The van der Waals surface area contributed by atoms with Crippen molar-refractivity contribution in [2.24, 2.45) is 0 Å². The Labute approximate surface area is 107 Å². The summed E-state index contributed by atoms with van der Waals surface area (Å²) in [5.74, 6) is 0.790. The van der Waals surface area contributed by atoms with Gasteiger partial charge in [-0.25, -0.2) is 0 Å². The maximum absolute atomic E-state index is 11.7. The van der Waals surface area contributed by atoms with Crippen LogP contribution in [0.3, 0.4) is 0 Å². The molecule has 1 aromatic carbocycles. The number of ether oxygens (including phenoxy) is 1. The van der Waals surface area contributed by atoms with Crippen LogP contribution in [0, 0.1) is 6.92 Å². The second kappa shape index (κ2) is 5.52. The normalized spacial score (nSPS) is 12.6. The molecular formula is C13H18ClNO2. The lowest BCUT2D eigenvalue weighted by Crippen LogP contribution is -2.26. The first-order valence-corrected chi connectivity index (χ1v) is 5.77. The van der Waals surface area contributed by atoms with Gasteiger partial charge in [-0.15, -0.1) is 0 Å². The molecule has 0 saturated carbocycles. The van der Waals surface area contributed by atoms with Crippen molar-refractivity contribution in [1.82, 2.24) is 4.90 Å². The van der Waals surface area contributed by atoms with E-state index in [1.807, 2.05) is 32.0 Å². The van der Waals surface area contributed by atoms with Crippen molar-refractivity contribution in [3.63, 3.8) is 0 Å². The molecule has 0 spiro atoms. The maximum atomic E-state index is 11.7. The molecule has 0 aliphatic carbocycles. The summed E-state index contributed by atoms with van der Waals surface area (Å²) in [6.45, 7) is 3.49. The highest BCUT2D eigenvalue weighted by molar-refractivity contribution is 6.30. The van der Waals surface area contributed by atoms with Gasteiger partial charge >= 0.3 is 0 Å². The van der Waals surface area contributed by atoms with Crippen molar-refractivity contribution in [2.45, 2.75) is 19.9 Å². The molecule has 0 bridgehead atoms. The van der Waals surface area contributed by atoms with Crippen LogP contribution < -0.4 is 4.74 Å². The predicted octanol–water partition coefficient (Wildman–Crippen LogP) is 2.85. The second-order valence-electron chi connectivity index (χ2n) is 4.32. The Kier molecular flexibility index (Phi) is 4.54. The number of nitrogens with zero attached hydrogens (tertiary/aromatic N) is 1. The molecule has 4 heteroatoms. The number of hydrogen-bond acceptors (Lipinski definition) is 3. The van der Waals surface area contributed by atoms with Crippen molar-refractivity contribution in [3.05, 3.63) is 28.3 Å². The van der Waals surface area contributed by atoms with Gasteiger partial charge in [-0.05, 0) is 45.6 Å². The number of halogens is 1. The van der Waals surface area contributed by atoms with Crippen LogP contribution in [0.4, 0.5) is 0 Å². The Morgan fingerprint density at radius 2 is 2.00 bits per heavy atom. The van der Waals surface area contributed by atoms with E-state index in [0.717, 1.165) is 16.9 Å². The molecule has 0 N–H and O–H groups in total. The summed E-state index contributed by atoms with van der Waals surface area (Å²) < 4.78 is 5.37. The number of carbonyl (C=O) groups excluding carboxylic acids is 1. The van der Waals surface area contributed by atoms with Gasteiger partial charge in [0.05, 0.1) is 13.2 Å². The van der Waals surface area contributed by atoms with Gasteiger partial charge in [0.25, 0.3) is 0 Å². The van der Waals surface area contributed by atoms with Crippen LogP contribution in [-0.4, -0.2) is 31.9 Å². The van der Waals surface area contributed by atoms with Crippen molar-refractivity contribution < 1.29 is 9.53 Å². The Hall–Kier alpha value is -1.06. The number of likely N-dealkylation sites (N-methyl/N-ethyl adjacent to an activating group) is 1. The number of rotatable bonds is 4. The van der Waals surface area contributed by atoms with Gasteiger partial charge in [-0.2, -0.15) is 0 Å². The van der Waals surface area contributed by atoms with Crippen molar-refractivity contribution >= 4 is 17.4 Å². The number of hydrogen-bond donors (Lipinski definition) is 0. The Morgan fingerprint density at radius 3 is 2.41 bits per heavy atom. The van der Waals surface area contributed by atoms with E-state index in [-0.39, 0.29) is 11.8 Å². The highest BCUT2D eigenvalue weighted by Crippen LogP contribution is 2.34. The quantitative estimate of drug-likeness (QED) is 0.829. The lowest BCUT2D eigenvalue weighted by atomic mass is 9.99. The molecule has 1 rings (SSSR count). The van der Waals surface area contributed by atoms with Crippen molar-refractivity contribution in [2.75, 3.05) is 21.2 Å². The number of ketones is 1. The van der Waals surface area contributed by atoms with E-state index in [4.69, 9.17) is 16.3 Å². The van der Waals surface area contributed by atoms with E-state index in [1.165, 1.54) is 0 Å². The Bertz CT molecular complexity index is 430. The van der Waals surface area contributed by atoms with Crippen LogP contribution in [0.15, 0.2) is 12.1 Å². The van der Waals surface area contributed by atoms with Gasteiger partial charge in [0.15, 0.2) is 5.78 Å². The fourth-order valence-electron chi connectivity index (χ4n) is 2.10. The van der Waals surface area contributed by atoms with Crippen molar-refractivity contribution in [1.29, 1.82) is 0 Å². The fourth-order valence-corrected chi connectivity index (χ4v) is 2.38. The predicted molar refractivity (Wildman–Crippen MR) is 69.9 cm³/mol. The minimum atomic E-state index is -0.331. The molecule has 0 radical (unpaired) electrons. The minimum absolute atomic E-state index is 0.0648. The zero-order valence-corrected chi connectivity index (χ0v) is 11.6. The van der Waals surface area contributed by atoms with Crippen LogP contribution in [-0.2, 0) is 4.79 Å². The maximum Gasteiger partial charge on any atom is 0.151 e. The van der Waals surface area contributed by atoms with Gasteiger partial charge in [0, 0.05) is 10.6 Å². The summed E-state index contributed by atoms with van der Waals surface area (Å²) in [5, 5.41) is 0.617. The van der Waals surface area contributed by atoms with Crippen LogP contribution in [0.5, 0.6) is 5.75 Å². The van der Waals surface area contributed by atoms with Crippen LogP contribution >= 0.6 is 11.6 Å². The lowest BCUT2D eigenvalue weighted by molar-refractivity contribution is -0.121. The molecule has 17 heavy (non-hydrogen) atoms. The molecule has 0 fully saturated rings. The lowest BCUT2D eigenvalue weighted by Gasteiger charge is -2.25. The first kappa shape index (κ1) is 14.0. The van der Waals surface area contributed by atoms with Gasteiger partial charge in [0.2, 0.25) is 0 Å². The summed E-state index contributed by atoms with van der Waals surface area (Å²) in [7, 11) is 5.33. The highest BCUT2D eigenvalue weighted by atomic mass is 35.5. The van der Waals surface area contributed by atoms with Gasteiger partial charge in [-0.1, -0.05) is 11.6 Å². The molecule has 0 aliphatic rings. The first-order valence-electron chi connectivity index (χ1n) is 5.39. The van der Waals surface area contributed by atoms with E-state index in [0.29, 0.717) is 5.02 Å². The van der Waals surface area contributed by atoms with E-state index >= 15 is 0 Å².